The molecule has 3 nitrogen and oxygen atoms in total. The highest BCUT2D eigenvalue weighted by Crippen LogP contribution is 2.36. The lowest BCUT2D eigenvalue weighted by molar-refractivity contribution is 0.00578. The van der Waals surface area contributed by atoms with E-state index in [2.05, 4.69) is 4.98 Å². The third-order valence-corrected chi connectivity index (χ3v) is 3.10. The van der Waals surface area contributed by atoms with Gasteiger partial charge in [-0.2, -0.15) is 0 Å². The number of nitrogens with zero attached hydrogens (tertiary/aromatic N) is 1. The first-order valence-electron chi connectivity index (χ1n) is 7.81. The molecule has 0 radical (unpaired) electrons. The van der Waals surface area contributed by atoms with Gasteiger partial charge in [0.05, 0.1) is 20.9 Å². The Balaban J connectivity index is 2.51. The third kappa shape index (κ3) is 1.87. The van der Waals surface area contributed by atoms with Crippen LogP contribution < -0.4 is 5.59 Å². The van der Waals surface area contributed by atoms with Gasteiger partial charge in [0.2, 0.25) is 0 Å². The molecule has 0 saturated carbocycles. The van der Waals surface area contributed by atoms with Gasteiger partial charge in [0.25, 0.3) is 0 Å². The summed E-state index contributed by atoms with van der Waals surface area (Å²) in [7, 11) is -0.940. The zero-order chi connectivity index (χ0) is 16.2. The number of rotatable bonds is 1. The van der Waals surface area contributed by atoms with Crippen LogP contribution >= 0.6 is 0 Å². The first kappa shape index (κ1) is 6.77. The Bertz CT molecular complexity index is 563. The lowest BCUT2D eigenvalue weighted by Gasteiger charge is -2.32. The van der Waals surface area contributed by atoms with Crippen LogP contribution in [0.4, 0.5) is 0 Å². The molecule has 2 heterocycles. The van der Waals surface area contributed by atoms with Crippen molar-refractivity contribution in [3.05, 3.63) is 23.8 Å². The van der Waals surface area contributed by atoms with Crippen molar-refractivity contribution in [1.82, 2.24) is 4.98 Å². The van der Waals surface area contributed by atoms with Crippen LogP contribution in [0.5, 0.6) is 0 Å². The Morgan fingerprint density at radius 2 is 1.88 bits per heavy atom. The smallest absolute Gasteiger partial charge is 0.398 e. The molecule has 0 unspecified atom stereocenters. The molecular weight excluding hydrogens is 201 g/mol. The van der Waals surface area contributed by atoms with Crippen molar-refractivity contribution in [3.63, 3.8) is 0 Å². The van der Waals surface area contributed by atoms with E-state index in [0.717, 1.165) is 0 Å². The molecule has 86 valence electrons. The van der Waals surface area contributed by atoms with Gasteiger partial charge in [-0.05, 0) is 46.7 Å². The number of aryl methyl sites for hydroxylation is 1. The van der Waals surface area contributed by atoms with Crippen LogP contribution in [0.1, 0.15) is 40.2 Å². The Labute approximate surface area is 104 Å². The molecule has 1 aliphatic heterocycles. The second-order valence-corrected chi connectivity index (χ2v) is 4.85. The lowest BCUT2D eigenvalue weighted by atomic mass is 9.84. The zero-order valence-corrected chi connectivity index (χ0v) is 9.92. The maximum atomic E-state index is 7.94. The van der Waals surface area contributed by atoms with Crippen molar-refractivity contribution in [3.8, 4) is 0 Å². The van der Waals surface area contributed by atoms with Crippen molar-refractivity contribution >= 4 is 12.7 Å². The van der Waals surface area contributed by atoms with Gasteiger partial charge in [-0.25, -0.2) is 0 Å². The van der Waals surface area contributed by atoms with Gasteiger partial charge < -0.3 is 9.31 Å². The second kappa shape index (κ2) is 3.57. The van der Waals surface area contributed by atoms with E-state index >= 15 is 0 Å². The van der Waals surface area contributed by atoms with Gasteiger partial charge in [-0.15, -0.1) is 0 Å². The van der Waals surface area contributed by atoms with E-state index in [0.29, 0.717) is 0 Å². The fourth-order valence-electron chi connectivity index (χ4n) is 1.41. The summed E-state index contributed by atoms with van der Waals surface area (Å²) in [4.78, 5) is 4.03. The largest absolute Gasteiger partial charge is 0.514 e. The molecular formula is C12H18BNO2. The summed E-state index contributed by atoms with van der Waals surface area (Å²) < 4.78 is 49.8. The van der Waals surface area contributed by atoms with E-state index < -0.39 is 25.2 Å². The molecule has 4 heteroatoms. The van der Waals surface area contributed by atoms with Crippen LogP contribution in [0, 0.1) is 6.88 Å². The predicted molar refractivity (Wildman–Crippen MR) is 64.7 cm³/mol. The standard InChI is InChI=1S/C12H18BNO2/c1-9-7-6-8-10(14-9)13-15-11(2,3)12(4,5)16-13/h6-8H,1-5H3/i1D2,6D,7D,8D. The predicted octanol–water partition coefficient (Wildman–Crippen LogP) is 1.69. The molecule has 2 rings (SSSR count). The SMILES string of the molecule is [2H]c1c(B2OC(C)(C)C(C)(C)O2)nc(C([2H])[2H])c([2H])c1[2H]. The van der Waals surface area contributed by atoms with E-state index in [-0.39, 0.29) is 29.4 Å². The summed E-state index contributed by atoms with van der Waals surface area (Å²) in [5, 5.41) is 0. The van der Waals surface area contributed by atoms with Crippen molar-refractivity contribution in [2.24, 2.45) is 0 Å². The molecule has 0 spiro atoms. The van der Waals surface area contributed by atoms with Gasteiger partial charge in [0.1, 0.15) is 0 Å². The molecule has 1 aromatic rings. The van der Waals surface area contributed by atoms with Crippen LogP contribution in [0.25, 0.3) is 0 Å². The number of hydrogen-bond acceptors (Lipinski definition) is 3. The quantitative estimate of drug-likeness (QED) is 0.680. The third-order valence-electron chi connectivity index (χ3n) is 3.10. The van der Waals surface area contributed by atoms with E-state index in [1.54, 1.807) is 0 Å². The van der Waals surface area contributed by atoms with Gasteiger partial charge in [0, 0.05) is 8.44 Å². The van der Waals surface area contributed by atoms with Crippen molar-refractivity contribution in [1.29, 1.82) is 0 Å². The van der Waals surface area contributed by atoms with Crippen LogP contribution in [0.2, 0.25) is 0 Å². The van der Waals surface area contributed by atoms with Crippen molar-refractivity contribution < 1.29 is 16.2 Å². The minimum atomic E-state index is -1.50. The molecule has 1 aliphatic rings. The van der Waals surface area contributed by atoms with E-state index in [1.807, 2.05) is 27.7 Å². The maximum absolute atomic E-state index is 7.94. The second-order valence-electron chi connectivity index (χ2n) is 4.85. The highest BCUT2D eigenvalue weighted by Gasteiger charge is 2.52. The molecule has 0 aromatic carbocycles. The molecule has 0 atom stereocenters. The summed E-state index contributed by atoms with van der Waals surface area (Å²) in [6.07, 6.45) is 0. The Hall–Kier alpha value is -0.865. The number of aromatic nitrogens is 1. The summed E-state index contributed by atoms with van der Waals surface area (Å²) in [6.45, 7) is 5.93. The van der Waals surface area contributed by atoms with Crippen LogP contribution in [0.3, 0.4) is 0 Å². The topological polar surface area (TPSA) is 31.4 Å². The fourth-order valence-corrected chi connectivity index (χ4v) is 1.41. The summed E-state index contributed by atoms with van der Waals surface area (Å²) in [5.41, 5.74) is -1.35. The van der Waals surface area contributed by atoms with Crippen LogP contribution in [-0.2, 0) is 9.31 Å². The number of pyridine rings is 1. The molecule has 0 aliphatic carbocycles. The van der Waals surface area contributed by atoms with Gasteiger partial charge in [-0.3, -0.25) is 4.98 Å². The summed E-state index contributed by atoms with van der Waals surface area (Å²) >= 11 is 0. The molecule has 1 fully saturated rings. The molecule has 1 saturated heterocycles. The van der Waals surface area contributed by atoms with Crippen LogP contribution in [0.15, 0.2) is 18.1 Å². The zero-order valence-electron chi connectivity index (χ0n) is 14.9. The lowest BCUT2D eigenvalue weighted by Crippen LogP contribution is -2.41. The first-order valence-corrected chi connectivity index (χ1v) is 5.15. The number of hydrogen-bond donors (Lipinski definition) is 0. The average Bonchev–Trinajstić information content (AvgIpc) is 2.55. The average molecular weight is 224 g/mol. The molecule has 0 N–H and O–H groups in total. The Kier molecular flexibility index (Phi) is 1.51. The highest BCUT2D eigenvalue weighted by molar-refractivity contribution is 6.61. The fraction of sp³-hybridized carbons (Fsp3) is 0.583. The van der Waals surface area contributed by atoms with E-state index in [1.165, 1.54) is 0 Å². The van der Waals surface area contributed by atoms with E-state index in [9.17, 15) is 0 Å². The molecule has 16 heavy (non-hydrogen) atoms. The Morgan fingerprint density at radius 1 is 1.25 bits per heavy atom. The summed E-state index contributed by atoms with van der Waals surface area (Å²) in [5.74, 6) is 0. The first-order chi connectivity index (χ1) is 9.48. The van der Waals surface area contributed by atoms with Crippen molar-refractivity contribution in [2.75, 3.05) is 0 Å². The minimum Gasteiger partial charge on any atom is -0.398 e. The maximum Gasteiger partial charge on any atom is 0.514 e. The highest BCUT2D eigenvalue weighted by atomic mass is 16.7. The molecule has 0 bridgehead atoms. The monoisotopic (exact) mass is 224 g/mol. The normalized spacial score (nSPS) is 27.1. The molecule has 0 amide bonds. The van der Waals surface area contributed by atoms with Gasteiger partial charge >= 0.3 is 7.12 Å². The van der Waals surface area contributed by atoms with Crippen molar-refractivity contribution in [2.45, 2.75) is 45.8 Å². The summed E-state index contributed by atoms with van der Waals surface area (Å²) in [6, 6.07) is -0.993. The van der Waals surface area contributed by atoms with Crippen LogP contribution in [-0.4, -0.2) is 23.3 Å². The van der Waals surface area contributed by atoms with Gasteiger partial charge in [0.15, 0.2) is 0 Å². The molecule has 1 aromatic heterocycles. The minimum absolute atomic E-state index is 0.0501. The Morgan fingerprint density at radius 3 is 2.44 bits per heavy atom. The van der Waals surface area contributed by atoms with Gasteiger partial charge in [-0.1, -0.05) is 6.04 Å². The van der Waals surface area contributed by atoms with E-state index in [4.69, 9.17) is 16.2 Å².